The molecule has 3 aromatic rings. The lowest BCUT2D eigenvalue weighted by atomic mass is 10.2. The molecule has 6 nitrogen and oxygen atoms in total. The highest BCUT2D eigenvalue weighted by atomic mass is 16.3. The van der Waals surface area contributed by atoms with Gasteiger partial charge in [0.15, 0.2) is 5.76 Å². The van der Waals surface area contributed by atoms with E-state index in [0.29, 0.717) is 45.0 Å². The smallest absolute Gasteiger partial charge is 0.289 e. The van der Waals surface area contributed by atoms with Gasteiger partial charge >= 0.3 is 0 Å². The van der Waals surface area contributed by atoms with Gasteiger partial charge in [0, 0.05) is 31.9 Å². The fraction of sp³-hybridized carbons (Fsp3) is 0.280. The number of piperazine rings is 1. The van der Waals surface area contributed by atoms with Crippen molar-refractivity contribution in [1.82, 2.24) is 9.80 Å². The second-order valence-corrected chi connectivity index (χ2v) is 7.78. The predicted octanol–water partition coefficient (Wildman–Crippen LogP) is 3.58. The molecule has 160 valence electrons. The third kappa shape index (κ3) is 5.22. The largest absolute Gasteiger partial charge is 0.456 e. The molecule has 1 aliphatic rings. The van der Waals surface area contributed by atoms with Gasteiger partial charge in [0.2, 0.25) is 5.91 Å². The molecule has 0 aliphatic carbocycles. The van der Waals surface area contributed by atoms with Gasteiger partial charge in [-0.2, -0.15) is 0 Å². The van der Waals surface area contributed by atoms with Crippen molar-refractivity contribution in [3.05, 3.63) is 89.9 Å². The summed E-state index contributed by atoms with van der Waals surface area (Å²) in [4.78, 5) is 31.6. The molecule has 0 unspecified atom stereocenters. The summed E-state index contributed by atoms with van der Waals surface area (Å²) >= 11 is 0. The molecule has 6 heteroatoms. The maximum absolute atomic E-state index is 13.2. The monoisotopic (exact) mass is 417 g/mol. The third-order valence-electron chi connectivity index (χ3n) is 5.52. The van der Waals surface area contributed by atoms with Gasteiger partial charge < -0.3 is 14.2 Å². The number of nitrogens with zero attached hydrogens (tertiary/aromatic N) is 3. The van der Waals surface area contributed by atoms with Gasteiger partial charge in [-0.1, -0.05) is 48.5 Å². The molecule has 1 aliphatic heterocycles. The Morgan fingerprint density at radius 3 is 2.13 bits per heavy atom. The maximum Gasteiger partial charge on any atom is 0.289 e. The number of amides is 2. The number of benzene rings is 2. The van der Waals surface area contributed by atoms with E-state index in [-0.39, 0.29) is 11.8 Å². The third-order valence-corrected chi connectivity index (χ3v) is 5.52. The van der Waals surface area contributed by atoms with Crippen molar-refractivity contribution in [3.8, 4) is 0 Å². The van der Waals surface area contributed by atoms with E-state index in [1.807, 2.05) is 72.5 Å². The number of rotatable bonds is 6. The van der Waals surface area contributed by atoms with Crippen LogP contribution in [0.25, 0.3) is 0 Å². The van der Waals surface area contributed by atoms with E-state index in [9.17, 15) is 9.59 Å². The zero-order valence-corrected chi connectivity index (χ0v) is 17.7. The van der Waals surface area contributed by atoms with Gasteiger partial charge in [0.05, 0.1) is 13.1 Å². The molecular weight excluding hydrogens is 390 g/mol. The lowest BCUT2D eigenvalue weighted by Gasteiger charge is -2.35. The first kappa shape index (κ1) is 20.9. The highest BCUT2D eigenvalue weighted by Gasteiger charge is 2.26. The molecule has 1 saturated heterocycles. The number of carbonyl (C=O) groups is 2. The molecule has 0 spiro atoms. The van der Waals surface area contributed by atoms with Crippen LogP contribution in [0.4, 0.5) is 5.69 Å². The Bertz CT molecular complexity index is 1010. The molecule has 0 bridgehead atoms. The van der Waals surface area contributed by atoms with Crippen molar-refractivity contribution < 1.29 is 14.0 Å². The number of hydrogen-bond donors (Lipinski definition) is 0. The molecule has 0 atom stereocenters. The Kier molecular flexibility index (Phi) is 6.48. The lowest BCUT2D eigenvalue weighted by Crippen LogP contribution is -2.51. The number of aryl methyl sites for hydroxylation is 1. The SMILES string of the molecule is Cc1ccc(C(=O)N2CCN(CC(=O)N(Cc3ccccc3)c3ccccc3)CC2)o1. The fourth-order valence-corrected chi connectivity index (χ4v) is 3.79. The molecule has 2 aromatic carbocycles. The molecule has 1 fully saturated rings. The minimum absolute atomic E-state index is 0.0523. The summed E-state index contributed by atoms with van der Waals surface area (Å²) < 4.78 is 5.46. The van der Waals surface area contributed by atoms with E-state index in [1.165, 1.54) is 0 Å². The summed E-state index contributed by atoms with van der Waals surface area (Å²) in [5.41, 5.74) is 1.97. The van der Waals surface area contributed by atoms with Gasteiger partial charge in [-0.3, -0.25) is 14.5 Å². The molecule has 2 heterocycles. The minimum atomic E-state index is -0.0888. The van der Waals surface area contributed by atoms with E-state index in [0.717, 1.165) is 17.0 Å². The molecule has 0 radical (unpaired) electrons. The van der Waals surface area contributed by atoms with E-state index >= 15 is 0 Å². The Labute approximate surface area is 182 Å². The van der Waals surface area contributed by atoms with Gasteiger partial charge in [-0.05, 0) is 36.8 Å². The Morgan fingerprint density at radius 2 is 1.52 bits per heavy atom. The van der Waals surface area contributed by atoms with Crippen LogP contribution < -0.4 is 4.90 Å². The second-order valence-electron chi connectivity index (χ2n) is 7.78. The number of anilines is 1. The first-order chi connectivity index (χ1) is 15.1. The van der Waals surface area contributed by atoms with Crippen molar-refractivity contribution in [2.75, 3.05) is 37.6 Å². The Morgan fingerprint density at radius 1 is 0.871 bits per heavy atom. The van der Waals surface area contributed by atoms with Crippen LogP contribution >= 0.6 is 0 Å². The van der Waals surface area contributed by atoms with Crippen molar-refractivity contribution in [1.29, 1.82) is 0 Å². The van der Waals surface area contributed by atoms with Crippen LogP contribution in [0, 0.1) is 6.92 Å². The topological polar surface area (TPSA) is 57.0 Å². The number of para-hydroxylation sites is 1. The first-order valence-electron chi connectivity index (χ1n) is 10.6. The molecule has 4 rings (SSSR count). The van der Waals surface area contributed by atoms with E-state index in [4.69, 9.17) is 4.42 Å². The normalized spacial score (nSPS) is 14.4. The van der Waals surface area contributed by atoms with Crippen molar-refractivity contribution in [2.45, 2.75) is 13.5 Å². The highest BCUT2D eigenvalue weighted by molar-refractivity contribution is 5.95. The van der Waals surface area contributed by atoms with Crippen molar-refractivity contribution in [2.24, 2.45) is 0 Å². The van der Waals surface area contributed by atoms with Gasteiger partial charge in [0.25, 0.3) is 5.91 Å². The summed E-state index contributed by atoms with van der Waals surface area (Å²) in [5.74, 6) is 1.07. The molecule has 0 N–H and O–H groups in total. The van der Waals surface area contributed by atoms with Crippen molar-refractivity contribution >= 4 is 17.5 Å². The van der Waals surface area contributed by atoms with Gasteiger partial charge in [-0.15, -0.1) is 0 Å². The summed E-state index contributed by atoms with van der Waals surface area (Å²) in [5, 5.41) is 0. The zero-order chi connectivity index (χ0) is 21.6. The predicted molar refractivity (Wildman–Crippen MR) is 120 cm³/mol. The lowest BCUT2D eigenvalue weighted by molar-refractivity contribution is -0.120. The minimum Gasteiger partial charge on any atom is -0.456 e. The van der Waals surface area contributed by atoms with E-state index in [2.05, 4.69) is 4.90 Å². The Balaban J connectivity index is 1.38. The summed E-state index contributed by atoms with van der Waals surface area (Å²) in [6.45, 7) is 5.15. The van der Waals surface area contributed by atoms with Gasteiger partial charge in [0.1, 0.15) is 5.76 Å². The number of furan rings is 1. The Hall–Kier alpha value is -3.38. The standard InChI is InChI=1S/C25H27N3O3/c1-20-12-13-23(31-20)25(30)27-16-14-26(15-17-27)19-24(29)28(22-10-6-3-7-11-22)18-21-8-4-2-5-9-21/h2-13H,14-19H2,1H3. The van der Waals surface area contributed by atoms with Crippen LogP contribution in [-0.4, -0.2) is 54.3 Å². The highest BCUT2D eigenvalue weighted by Crippen LogP contribution is 2.18. The zero-order valence-electron chi connectivity index (χ0n) is 17.7. The number of hydrogen-bond acceptors (Lipinski definition) is 4. The summed E-state index contributed by atoms with van der Waals surface area (Å²) in [7, 11) is 0. The average Bonchev–Trinajstić information content (AvgIpc) is 3.25. The van der Waals surface area contributed by atoms with Crippen LogP contribution in [0.15, 0.2) is 77.2 Å². The van der Waals surface area contributed by atoms with Crippen LogP contribution in [-0.2, 0) is 11.3 Å². The van der Waals surface area contributed by atoms with Crippen LogP contribution in [0.1, 0.15) is 21.9 Å². The molecule has 1 aromatic heterocycles. The maximum atomic E-state index is 13.2. The van der Waals surface area contributed by atoms with Crippen LogP contribution in [0.5, 0.6) is 0 Å². The summed E-state index contributed by atoms with van der Waals surface area (Å²) in [6.07, 6.45) is 0. The van der Waals surface area contributed by atoms with Crippen molar-refractivity contribution in [3.63, 3.8) is 0 Å². The van der Waals surface area contributed by atoms with Gasteiger partial charge in [-0.25, -0.2) is 0 Å². The molecule has 0 saturated carbocycles. The quantitative estimate of drug-likeness (QED) is 0.615. The molecular formula is C25H27N3O3. The first-order valence-corrected chi connectivity index (χ1v) is 10.6. The van der Waals surface area contributed by atoms with Crippen LogP contribution in [0.2, 0.25) is 0 Å². The fourth-order valence-electron chi connectivity index (χ4n) is 3.79. The molecule has 2 amide bonds. The van der Waals surface area contributed by atoms with Crippen LogP contribution in [0.3, 0.4) is 0 Å². The number of carbonyl (C=O) groups excluding carboxylic acids is 2. The van der Waals surface area contributed by atoms with E-state index in [1.54, 1.807) is 17.0 Å². The average molecular weight is 418 g/mol. The molecule has 31 heavy (non-hydrogen) atoms. The summed E-state index contributed by atoms with van der Waals surface area (Å²) in [6, 6.07) is 23.3. The second kappa shape index (κ2) is 9.62. The van der Waals surface area contributed by atoms with E-state index < -0.39 is 0 Å².